The predicted octanol–water partition coefficient (Wildman–Crippen LogP) is 1.78. The van der Waals surface area contributed by atoms with Gasteiger partial charge in [0.15, 0.2) is 5.65 Å². The summed E-state index contributed by atoms with van der Waals surface area (Å²) < 4.78 is 32.3. The Balaban J connectivity index is 2.13. The van der Waals surface area contributed by atoms with E-state index in [9.17, 15) is 8.42 Å². The fraction of sp³-hybridized carbons (Fsp3) is 0.143. The Morgan fingerprint density at radius 1 is 1.27 bits per heavy atom. The van der Waals surface area contributed by atoms with Crippen LogP contribution in [-0.4, -0.2) is 36.2 Å². The van der Waals surface area contributed by atoms with Crippen LogP contribution in [0.25, 0.3) is 16.9 Å². The van der Waals surface area contributed by atoms with Crippen molar-refractivity contribution in [3.63, 3.8) is 0 Å². The molecule has 0 saturated heterocycles. The first kappa shape index (κ1) is 14.3. The molecule has 8 heteroatoms. The van der Waals surface area contributed by atoms with Gasteiger partial charge < -0.3 is 4.74 Å². The van der Waals surface area contributed by atoms with Gasteiger partial charge in [-0.15, -0.1) is 0 Å². The standard InChI is InChI=1S/C14H14N4O3S/c1-21-13-7-10(17-22(2,19)20)3-4-11(13)12-8-15-9-14-16-5-6-18(12)14/h3-9,17H,1-2H3. The Labute approximate surface area is 127 Å². The van der Waals surface area contributed by atoms with Gasteiger partial charge in [-0.1, -0.05) is 0 Å². The molecule has 0 amide bonds. The SMILES string of the molecule is COc1cc(NS(C)(=O)=O)ccc1-c1cncc2nccn12. The minimum Gasteiger partial charge on any atom is -0.496 e. The molecule has 0 atom stereocenters. The van der Waals surface area contributed by atoms with Crippen molar-refractivity contribution in [2.45, 2.75) is 0 Å². The summed E-state index contributed by atoms with van der Waals surface area (Å²) in [6.45, 7) is 0. The van der Waals surface area contributed by atoms with Gasteiger partial charge >= 0.3 is 0 Å². The van der Waals surface area contributed by atoms with Gasteiger partial charge in [-0.05, 0) is 12.1 Å². The number of fused-ring (bicyclic) bond motifs is 1. The van der Waals surface area contributed by atoms with Crippen LogP contribution in [-0.2, 0) is 10.0 Å². The lowest BCUT2D eigenvalue weighted by Gasteiger charge is -2.12. The molecular formula is C14H14N4O3S. The second-order valence-electron chi connectivity index (χ2n) is 4.74. The Bertz CT molecular complexity index is 934. The molecule has 1 aromatic carbocycles. The number of benzene rings is 1. The van der Waals surface area contributed by atoms with Gasteiger partial charge in [0.2, 0.25) is 10.0 Å². The molecule has 7 nitrogen and oxygen atoms in total. The molecule has 0 spiro atoms. The molecule has 0 bridgehead atoms. The van der Waals surface area contributed by atoms with Gasteiger partial charge in [0.05, 0.1) is 37.1 Å². The number of hydrogen-bond donors (Lipinski definition) is 1. The third-order valence-electron chi connectivity index (χ3n) is 3.10. The minimum atomic E-state index is -3.34. The molecule has 0 saturated carbocycles. The molecule has 0 aliphatic carbocycles. The molecule has 1 N–H and O–H groups in total. The number of imidazole rings is 1. The van der Waals surface area contributed by atoms with E-state index >= 15 is 0 Å². The van der Waals surface area contributed by atoms with Crippen LogP contribution in [0.2, 0.25) is 0 Å². The molecule has 2 heterocycles. The third kappa shape index (κ3) is 2.73. The molecule has 3 rings (SSSR count). The molecular weight excluding hydrogens is 304 g/mol. The van der Waals surface area contributed by atoms with Gasteiger partial charge in [0, 0.05) is 24.0 Å². The first-order chi connectivity index (χ1) is 10.5. The zero-order valence-corrected chi connectivity index (χ0v) is 12.8. The second kappa shape index (κ2) is 5.30. The van der Waals surface area contributed by atoms with Crippen LogP contribution >= 0.6 is 0 Å². The molecule has 0 aliphatic heterocycles. The zero-order valence-electron chi connectivity index (χ0n) is 12.0. The van der Waals surface area contributed by atoms with Crippen LogP contribution in [0.1, 0.15) is 0 Å². The molecule has 0 aliphatic rings. The summed E-state index contributed by atoms with van der Waals surface area (Å²) in [6, 6.07) is 5.09. The summed E-state index contributed by atoms with van der Waals surface area (Å²) in [5, 5.41) is 0. The lowest BCUT2D eigenvalue weighted by Crippen LogP contribution is -2.09. The van der Waals surface area contributed by atoms with Gasteiger partial charge in [0.1, 0.15) is 5.75 Å². The Morgan fingerprint density at radius 2 is 2.09 bits per heavy atom. The summed E-state index contributed by atoms with van der Waals surface area (Å²) >= 11 is 0. The summed E-state index contributed by atoms with van der Waals surface area (Å²) in [5.41, 5.74) is 2.75. The van der Waals surface area contributed by atoms with E-state index in [1.165, 1.54) is 7.11 Å². The average molecular weight is 318 g/mol. The Kier molecular flexibility index (Phi) is 3.45. The first-order valence-electron chi connectivity index (χ1n) is 6.41. The van der Waals surface area contributed by atoms with Crippen LogP contribution in [0.4, 0.5) is 5.69 Å². The van der Waals surface area contributed by atoms with Crippen LogP contribution in [0.15, 0.2) is 43.0 Å². The summed E-state index contributed by atoms with van der Waals surface area (Å²) in [4.78, 5) is 8.36. The van der Waals surface area contributed by atoms with E-state index in [1.54, 1.807) is 36.8 Å². The molecule has 3 aromatic rings. The fourth-order valence-electron chi connectivity index (χ4n) is 2.23. The summed E-state index contributed by atoms with van der Waals surface area (Å²) in [7, 11) is -1.81. The fourth-order valence-corrected chi connectivity index (χ4v) is 2.79. The molecule has 22 heavy (non-hydrogen) atoms. The van der Waals surface area contributed by atoms with E-state index in [1.807, 2.05) is 10.6 Å². The smallest absolute Gasteiger partial charge is 0.229 e. The van der Waals surface area contributed by atoms with E-state index in [2.05, 4.69) is 14.7 Å². The highest BCUT2D eigenvalue weighted by atomic mass is 32.2. The van der Waals surface area contributed by atoms with Crippen molar-refractivity contribution in [3.05, 3.63) is 43.0 Å². The van der Waals surface area contributed by atoms with Crippen molar-refractivity contribution in [2.75, 3.05) is 18.1 Å². The highest BCUT2D eigenvalue weighted by Gasteiger charge is 2.12. The van der Waals surface area contributed by atoms with Crippen molar-refractivity contribution in [1.29, 1.82) is 0 Å². The zero-order chi connectivity index (χ0) is 15.7. The maximum absolute atomic E-state index is 11.3. The van der Waals surface area contributed by atoms with E-state index in [0.717, 1.165) is 23.2 Å². The van der Waals surface area contributed by atoms with E-state index in [4.69, 9.17) is 4.74 Å². The van der Waals surface area contributed by atoms with Crippen molar-refractivity contribution in [1.82, 2.24) is 14.4 Å². The lowest BCUT2D eigenvalue weighted by atomic mass is 10.1. The highest BCUT2D eigenvalue weighted by Crippen LogP contribution is 2.32. The molecule has 2 aromatic heterocycles. The monoisotopic (exact) mass is 318 g/mol. The lowest BCUT2D eigenvalue weighted by molar-refractivity contribution is 0.416. The normalized spacial score (nSPS) is 11.5. The number of ether oxygens (including phenoxy) is 1. The number of rotatable bonds is 4. The van der Waals surface area contributed by atoms with Crippen molar-refractivity contribution >= 4 is 21.4 Å². The number of methoxy groups -OCH3 is 1. The van der Waals surface area contributed by atoms with Gasteiger partial charge in [0.25, 0.3) is 0 Å². The largest absolute Gasteiger partial charge is 0.496 e. The van der Waals surface area contributed by atoms with Crippen LogP contribution in [0, 0.1) is 0 Å². The van der Waals surface area contributed by atoms with Crippen molar-refractivity contribution in [3.8, 4) is 17.0 Å². The molecule has 114 valence electrons. The van der Waals surface area contributed by atoms with Crippen LogP contribution in [0.5, 0.6) is 5.75 Å². The van der Waals surface area contributed by atoms with Gasteiger partial charge in [-0.3, -0.25) is 14.1 Å². The number of nitrogens with zero attached hydrogens (tertiary/aromatic N) is 3. The van der Waals surface area contributed by atoms with Crippen molar-refractivity contribution < 1.29 is 13.2 Å². The number of aromatic nitrogens is 3. The topological polar surface area (TPSA) is 85.6 Å². The summed E-state index contributed by atoms with van der Waals surface area (Å²) in [6.07, 6.45) is 7.98. The number of nitrogens with one attached hydrogen (secondary N) is 1. The minimum absolute atomic E-state index is 0.439. The van der Waals surface area contributed by atoms with E-state index in [-0.39, 0.29) is 0 Å². The third-order valence-corrected chi connectivity index (χ3v) is 3.70. The molecule has 0 fully saturated rings. The highest BCUT2D eigenvalue weighted by molar-refractivity contribution is 7.92. The number of sulfonamides is 1. The quantitative estimate of drug-likeness (QED) is 0.792. The molecule has 0 radical (unpaired) electrons. The molecule has 0 unspecified atom stereocenters. The van der Waals surface area contributed by atoms with Gasteiger partial charge in [-0.25, -0.2) is 13.4 Å². The Hall–Kier alpha value is -2.61. The van der Waals surface area contributed by atoms with Crippen LogP contribution < -0.4 is 9.46 Å². The number of hydrogen-bond acceptors (Lipinski definition) is 5. The summed E-state index contributed by atoms with van der Waals surface area (Å²) in [5.74, 6) is 0.539. The Morgan fingerprint density at radius 3 is 2.82 bits per heavy atom. The van der Waals surface area contributed by atoms with Gasteiger partial charge in [-0.2, -0.15) is 0 Å². The van der Waals surface area contributed by atoms with E-state index < -0.39 is 10.0 Å². The van der Waals surface area contributed by atoms with Crippen LogP contribution in [0.3, 0.4) is 0 Å². The average Bonchev–Trinajstić information content (AvgIpc) is 2.94. The first-order valence-corrected chi connectivity index (χ1v) is 8.30. The number of anilines is 1. The predicted molar refractivity (Wildman–Crippen MR) is 83.4 cm³/mol. The maximum atomic E-state index is 11.3. The van der Waals surface area contributed by atoms with Crippen molar-refractivity contribution in [2.24, 2.45) is 0 Å². The second-order valence-corrected chi connectivity index (χ2v) is 6.49. The maximum Gasteiger partial charge on any atom is 0.229 e. The van der Waals surface area contributed by atoms with E-state index in [0.29, 0.717) is 11.4 Å².